The highest BCUT2D eigenvalue weighted by Crippen LogP contribution is 2.28. The van der Waals surface area contributed by atoms with Crippen LogP contribution in [0, 0.1) is 12.8 Å². The maximum Gasteiger partial charge on any atom is 0.160 e. The molecule has 1 N–H and O–H groups in total. The van der Waals surface area contributed by atoms with E-state index >= 15 is 0 Å². The van der Waals surface area contributed by atoms with E-state index < -0.39 is 0 Å². The monoisotopic (exact) mass is 286 g/mol. The van der Waals surface area contributed by atoms with Gasteiger partial charge in [0.1, 0.15) is 5.69 Å². The summed E-state index contributed by atoms with van der Waals surface area (Å²) in [6, 6.07) is 8.27. The van der Waals surface area contributed by atoms with E-state index in [4.69, 9.17) is 0 Å². The maximum atomic E-state index is 10.5. The van der Waals surface area contributed by atoms with Crippen molar-refractivity contribution in [1.29, 1.82) is 0 Å². The predicted molar refractivity (Wildman–Crippen MR) is 87.1 cm³/mol. The Kier molecular flexibility index (Phi) is 5.05. The van der Waals surface area contributed by atoms with Crippen LogP contribution >= 0.6 is 0 Å². The molecule has 0 saturated heterocycles. The van der Waals surface area contributed by atoms with Crippen molar-refractivity contribution >= 4 is 0 Å². The van der Waals surface area contributed by atoms with Crippen LogP contribution < -0.4 is 0 Å². The third kappa shape index (κ3) is 3.66. The van der Waals surface area contributed by atoms with Crippen molar-refractivity contribution in [3.8, 4) is 11.4 Å². The fourth-order valence-electron chi connectivity index (χ4n) is 2.55. The number of hydrogen-bond acceptors (Lipinski definition) is 2. The second-order valence-electron chi connectivity index (χ2n) is 6.19. The Hall–Kier alpha value is -1.77. The molecule has 0 unspecified atom stereocenters. The molecular weight excluding hydrogens is 260 g/mol. The summed E-state index contributed by atoms with van der Waals surface area (Å²) in [5, 5.41) is 15.2. The largest absolute Gasteiger partial charge is 0.504 e. The number of aromatic nitrogens is 2. The van der Waals surface area contributed by atoms with Crippen molar-refractivity contribution in [2.24, 2.45) is 5.92 Å². The van der Waals surface area contributed by atoms with E-state index in [-0.39, 0.29) is 0 Å². The van der Waals surface area contributed by atoms with Gasteiger partial charge in [0.25, 0.3) is 0 Å². The smallest absolute Gasteiger partial charge is 0.160 e. The summed E-state index contributed by atoms with van der Waals surface area (Å²) >= 11 is 0. The highest BCUT2D eigenvalue weighted by atomic mass is 16.3. The van der Waals surface area contributed by atoms with Crippen LogP contribution in [0.25, 0.3) is 5.69 Å². The molecule has 1 heterocycles. The molecule has 114 valence electrons. The first-order valence-electron chi connectivity index (χ1n) is 7.89. The first-order valence-corrected chi connectivity index (χ1v) is 7.89. The molecule has 0 atom stereocenters. The van der Waals surface area contributed by atoms with E-state index in [9.17, 15) is 5.11 Å². The number of aryl methyl sites for hydroxylation is 2. The summed E-state index contributed by atoms with van der Waals surface area (Å²) in [5.74, 6) is 0.869. The Morgan fingerprint density at radius 2 is 2.05 bits per heavy atom. The van der Waals surface area contributed by atoms with Gasteiger partial charge in [-0.05, 0) is 49.8 Å². The Balaban J connectivity index is 2.47. The molecule has 0 spiro atoms. The second-order valence-corrected chi connectivity index (χ2v) is 6.19. The molecule has 0 fully saturated rings. The third-order valence-corrected chi connectivity index (χ3v) is 3.64. The van der Waals surface area contributed by atoms with E-state index in [1.54, 1.807) is 0 Å². The zero-order valence-corrected chi connectivity index (χ0v) is 13.6. The lowest BCUT2D eigenvalue weighted by Crippen LogP contribution is -2.05. The highest BCUT2D eigenvalue weighted by Gasteiger charge is 2.18. The van der Waals surface area contributed by atoms with E-state index in [1.807, 2.05) is 16.8 Å². The van der Waals surface area contributed by atoms with Crippen LogP contribution in [0.15, 0.2) is 24.3 Å². The molecule has 1 aromatic carbocycles. The lowest BCUT2D eigenvalue weighted by Gasteiger charge is -2.10. The summed E-state index contributed by atoms with van der Waals surface area (Å²) in [5.41, 5.74) is 3.99. The zero-order chi connectivity index (χ0) is 15.4. The average Bonchev–Trinajstić information content (AvgIpc) is 2.73. The van der Waals surface area contributed by atoms with E-state index in [1.165, 1.54) is 5.56 Å². The highest BCUT2D eigenvalue weighted by molar-refractivity contribution is 5.42. The minimum atomic E-state index is 0.388. The molecule has 0 aliphatic carbocycles. The summed E-state index contributed by atoms with van der Waals surface area (Å²) in [6.45, 7) is 8.56. The van der Waals surface area contributed by atoms with Crippen LogP contribution in [0.3, 0.4) is 0 Å². The Bertz CT molecular complexity index is 599. The molecule has 0 bridgehead atoms. The Morgan fingerprint density at radius 1 is 1.29 bits per heavy atom. The van der Waals surface area contributed by atoms with Crippen molar-refractivity contribution in [1.82, 2.24) is 9.78 Å². The van der Waals surface area contributed by atoms with Gasteiger partial charge in [-0.3, -0.25) is 0 Å². The van der Waals surface area contributed by atoms with Gasteiger partial charge in [0, 0.05) is 0 Å². The molecule has 1 aromatic heterocycles. The van der Waals surface area contributed by atoms with E-state index in [2.05, 4.69) is 44.9 Å². The maximum absolute atomic E-state index is 10.5. The van der Waals surface area contributed by atoms with Crippen LogP contribution in [0.2, 0.25) is 0 Å². The first-order chi connectivity index (χ1) is 10.0. The number of hydrogen-bond donors (Lipinski definition) is 1. The van der Waals surface area contributed by atoms with Crippen molar-refractivity contribution in [2.45, 2.75) is 53.4 Å². The van der Waals surface area contributed by atoms with Gasteiger partial charge < -0.3 is 5.11 Å². The quantitative estimate of drug-likeness (QED) is 0.853. The Labute approximate surface area is 127 Å². The van der Waals surface area contributed by atoms with Crippen LogP contribution in [-0.2, 0) is 12.8 Å². The van der Waals surface area contributed by atoms with Gasteiger partial charge in [0.05, 0.1) is 11.4 Å². The molecule has 0 aliphatic rings. The molecule has 0 amide bonds. The topological polar surface area (TPSA) is 38.0 Å². The van der Waals surface area contributed by atoms with Gasteiger partial charge in [0.2, 0.25) is 0 Å². The lowest BCUT2D eigenvalue weighted by atomic mass is 10.1. The molecule has 21 heavy (non-hydrogen) atoms. The van der Waals surface area contributed by atoms with Crippen molar-refractivity contribution in [2.75, 3.05) is 0 Å². The summed E-state index contributed by atoms with van der Waals surface area (Å²) in [6.07, 6.45) is 3.83. The molecule has 0 saturated carbocycles. The van der Waals surface area contributed by atoms with Gasteiger partial charge in [-0.15, -0.1) is 0 Å². The molecule has 2 rings (SSSR count). The van der Waals surface area contributed by atoms with Crippen molar-refractivity contribution in [3.05, 3.63) is 41.2 Å². The number of aromatic hydroxyl groups is 1. The summed E-state index contributed by atoms with van der Waals surface area (Å²) in [7, 11) is 0. The van der Waals surface area contributed by atoms with Gasteiger partial charge in [-0.1, -0.05) is 39.3 Å². The van der Waals surface area contributed by atoms with Crippen LogP contribution in [0.1, 0.15) is 50.6 Å². The van der Waals surface area contributed by atoms with Crippen LogP contribution in [-0.4, -0.2) is 14.9 Å². The predicted octanol–water partition coefficient (Wildman–Crippen LogP) is 4.43. The molecule has 3 nitrogen and oxygen atoms in total. The lowest BCUT2D eigenvalue weighted by molar-refractivity contribution is 0.453. The van der Waals surface area contributed by atoms with Gasteiger partial charge in [0.15, 0.2) is 5.75 Å². The fraction of sp³-hybridized carbons (Fsp3) is 0.500. The normalized spacial score (nSPS) is 11.3. The van der Waals surface area contributed by atoms with Crippen LogP contribution in [0.5, 0.6) is 5.75 Å². The van der Waals surface area contributed by atoms with Gasteiger partial charge in [-0.25, -0.2) is 4.68 Å². The molecule has 2 aromatic rings. The summed E-state index contributed by atoms with van der Waals surface area (Å²) < 4.78 is 1.92. The van der Waals surface area contributed by atoms with Gasteiger partial charge in [-0.2, -0.15) is 5.10 Å². The average molecular weight is 286 g/mol. The number of unbranched alkanes of at least 4 members (excludes halogenated alkanes) is 1. The minimum Gasteiger partial charge on any atom is -0.504 e. The molecular formula is C18H26N2O. The fourth-order valence-corrected chi connectivity index (χ4v) is 2.55. The Morgan fingerprint density at radius 3 is 2.67 bits per heavy atom. The minimum absolute atomic E-state index is 0.388. The van der Waals surface area contributed by atoms with E-state index in [0.717, 1.165) is 42.8 Å². The molecule has 0 aliphatic heterocycles. The number of benzene rings is 1. The van der Waals surface area contributed by atoms with Crippen LogP contribution in [0.4, 0.5) is 0 Å². The standard InChI is InChI=1S/C18H26N2O/c1-5-6-10-16-18(21)17(11-13(2)3)20(19-16)15-9-7-8-14(4)12-15/h7-9,12-13,21H,5-6,10-11H2,1-4H3. The van der Waals surface area contributed by atoms with Gasteiger partial charge >= 0.3 is 0 Å². The van der Waals surface area contributed by atoms with E-state index in [0.29, 0.717) is 11.7 Å². The molecule has 3 heteroatoms. The third-order valence-electron chi connectivity index (χ3n) is 3.64. The van der Waals surface area contributed by atoms with Crippen molar-refractivity contribution < 1.29 is 5.11 Å². The number of nitrogens with zero attached hydrogens (tertiary/aromatic N) is 2. The van der Waals surface area contributed by atoms with Crippen molar-refractivity contribution in [3.63, 3.8) is 0 Å². The zero-order valence-electron chi connectivity index (χ0n) is 13.6. The first kappa shape index (κ1) is 15.6. The SMILES string of the molecule is CCCCc1nn(-c2cccc(C)c2)c(CC(C)C)c1O. The molecule has 0 radical (unpaired) electrons. The summed E-state index contributed by atoms with van der Waals surface area (Å²) in [4.78, 5) is 0. The second kappa shape index (κ2) is 6.79. The number of rotatable bonds is 6.